The fourth-order valence-corrected chi connectivity index (χ4v) is 2.54. The Kier molecular flexibility index (Phi) is 4.77. The van der Waals surface area contributed by atoms with Gasteiger partial charge in [-0.2, -0.15) is 0 Å². The highest BCUT2D eigenvalue weighted by molar-refractivity contribution is 5.81. The molecule has 114 valence electrons. The van der Waals surface area contributed by atoms with E-state index >= 15 is 0 Å². The first kappa shape index (κ1) is 15.3. The van der Waals surface area contributed by atoms with Gasteiger partial charge in [0.1, 0.15) is 0 Å². The average Bonchev–Trinajstić information content (AvgIpc) is 2.47. The second kappa shape index (κ2) is 6.56. The van der Waals surface area contributed by atoms with Crippen molar-refractivity contribution in [1.82, 2.24) is 4.90 Å². The van der Waals surface area contributed by atoms with Gasteiger partial charge in [-0.1, -0.05) is 6.07 Å². The summed E-state index contributed by atoms with van der Waals surface area (Å²) in [5.41, 5.74) is 5.88. The van der Waals surface area contributed by atoms with Crippen LogP contribution in [0.4, 0.5) is 4.39 Å². The van der Waals surface area contributed by atoms with Crippen molar-refractivity contribution in [2.45, 2.75) is 19.3 Å². The lowest BCUT2D eigenvalue weighted by Gasteiger charge is -2.31. The Morgan fingerprint density at radius 3 is 2.86 bits per heavy atom. The molecular weight excluding hydrogens is 275 g/mol. The molecule has 0 spiro atoms. The Labute approximate surface area is 122 Å². The van der Waals surface area contributed by atoms with E-state index in [2.05, 4.69) is 0 Å². The predicted molar refractivity (Wildman–Crippen MR) is 75.2 cm³/mol. The van der Waals surface area contributed by atoms with Crippen molar-refractivity contribution in [3.8, 4) is 5.75 Å². The van der Waals surface area contributed by atoms with Crippen LogP contribution in [0, 0.1) is 11.7 Å². The van der Waals surface area contributed by atoms with Gasteiger partial charge in [-0.15, -0.1) is 0 Å². The maximum atomic E-state index is 13.6. The fourth-order valence-electron chi connectivity index (χ4n) is 2.54. The van der Waals surface area contributed by atoms with Gasteiger partial charge in [-0.25, -0.2) is 4.39 Å². The summed E-state index contributed by atoms with van der Waals surface area (Å²) in [7, 11) is 1.39. The molecule has 1 atom stereocenters. The Morgan fingerprint density at radius 2 is 2.24 bits per heavy atom. The molecule has 1 aliphatic heterocycles. The van der Waals surface area contributed by atoms with E-state index in [0.29, 0.717) is 18.7 Å². The molecule has 2 amide bonds. The highest BCUT2D eigenvalue weighted by Crippen LogP contribution is 2.20. The van der Waals surface area contributed by atoms with E-state index in [0.717, 1.165) is 12.8 Å². The van der Waals surface area contributed by atoms with E-state index in [1.165, 1.54) is 19.2 Å². The summed E-state index contributed by atoms with van der Waals surface area (Å²) in [4.78, 5) is 25.1. The summed E-state index contributed by atoms with van der Waals surface area (Å²) in [5, 5.41) is 0. The largest absolute Gasteiger partial charge is 0.494 e. The van der Waals surface area contributed by atoms with Crippen molar-refractivity contribution in [2.75, 3.05) is 20.2 Å². The molecule has 1 fully saturated rings. The number of hydrogen-bond acceptors (Lipinski definition) is 3. The topological polar surface area (TPSA) is 72.6 Å². The SMILES string of the molecule is COc1ccc(CC(=O)N2CCCC(C(N)=O)C2)cc1F. The van der Waals surface area contributed by atoms with Crippen LogP contribution in [0.15, 0.2) is 18.2 Å². The van der Waals surface area contributed by atoms with Gasteiger partial charge in [0.05, 0.1) is 19.4 Å². The normalized spacial score (nSPS) is 18.4. The van der Waals surface area contributed by atoms with Crippen LogP contribution in [-0.4, -0.2) is 36.9 Å². The Morgan fingerprint density at radius 1 is 1.48 bits per heavy atom. The standard InChI is InChI=1S/C15H19FN2O3/c1-21-13-5-4-10(7-12(13)16)8-14(19)18-6-2-3-11(9-18)15(17)20/h4-5,7,11H,2-3,6,8-9H2,1H3,(H2,17,20). The van der Waals surface area contributed by atoms with Gasteiger partial charge in [0.2, 0.25) is 11.8 Å². The lowest BCUT2D eigenvalue weighted by Crippen LogP contribution is -2.44. The van der Waals surface area contributed by atoms with Crippen molar-refractivity contribution < 1.29 is 18.7 Å². The maximum absolute atomic E-state index is 13.6. The zero-order valence-electron chi connectivity index (χ0n) is 12.0. The Balaban J connectivity index is 2.00. The summed E-state index contributed by atoms with van der Waals surface area (Å²) in [6, 6.07) is 4.46. The highest BCUT2D eigenvalue weighted by atomic mass is 19.1. The number of amides is 2. The van der Waals surface area contributed by atoms with Crippen LogP contribution >= 0.6 is 0 Å². The first-order chi connectivity index (χ1) is 10.0. The summed E-state index contributed by atoms with van der Waals surface area (Å²) in [6.07, 6.45) is 1.58. The van der Waals surface area contributed by atoms with E-state index in [4.69, 9.17) is 10.5 Å². The van der Waals surface area contributed by atoms with Crippen LogP contribution in [-0.2, 0) is 16.0 Å². The van der Waals surface area contributed by atoms with Crippen molar-refractivity contribution in [1.29, 1.82) is 0 Å². The number of ether oxygens (including phenoxy) is 1. The second-order valence-electron chi connectivity index (χ2n) is 5.23. The highest BCUT2D eigenvalue weighted by Gasteiger charge is 2.26. The number of hydrogen-bond donors (Lipinski definition) is 1. The molecule has 21 heavy (non-hydrogen) atoms. The molecule has 1 unspecified atom stereocenters. The average molecular weight is 294 g/mol. The zero-order valence-corrected chi connectivity index (χ0v) is 12.0. The van der Waals surface area contributed by atoms with Crippen LogP contribution in [0.3, 0.4) is 0 Å². The number of carbonyl (C=O) groups excluding carboxylic acids is 2. The summed E-state index contributed by atoms with van der Waals surface area (Å²) in [5.74, 6) is -1.11. The number of halogens is 1. The zero-order chi connectivity index (χ0) is 15.4. The number of nitrogens with zero attached hydrogens (tertiary/aromatic N) is 1. The quantitative estimate of drug-likeness (QED) is 0.904. The third-order valence-corrected chi connectivity index (χ3v) is 3.75. The lowest BCUT2D eigenvalue weighted by molar-refractivity contribution is -0.134. The minimum absolute atomic E-state index is 0.104. The number of likely N-dealkylation sites (tertiary alicyclic amines) is 1. The van der Waals surface area contributed by atoms with Crippen LogP contribution in [0.1, 0.15) is 18.4 Å². The molecule has 2 rings (SSSR count). The molecule has 6 heteroatoms. The second-order valence-corrected chi connectivity index (χ2v) is 5.23. The Hall–Kier alpha value is -2.11. The van der Waals surface area contributed by atoms with Gasteiger partial charge in [-0.05, 0) is 30.5 Å². The number of carbonyl (C=O) groups is 2. The molecule has 0 aliphatic carbocycles. The number of methoxy groups -OCH3 is 1. The molecule has 0 radical (unpaired) electrons. The molecule has 5 nitrogen and oxygen atoms in total. The molecule has 2 N–H and O–H groups in total. The van der Waals surface area contributed by atoms with Crippen LogP contribution in [0.5, 0.6) is 5.75 Å². The van der Waals surface area contributed by atoms with Crippen molar-refractivity contribution in [3.05, 3.63) is 29.6 Å². The minimum atomic E-state index is -0.489. The van der Waals surface area contributed by atoms with Crippen LogP contribution < -0.4 is 10.5 Å². The van der Waals surface area contributed by atoms with Gasteiger partial charge < -0.3 is 15.4 Å². The summed E-state index contributed by atoms with van der Waals surface area (Å²) >= 11 is 0. The maximum Gasteiger partial charge on any atom is 0.227 e. The summed E-state index contributed by atoms with van der Waals surface area (Å²) < 4.78 is 18.4. The van der Waals surface area contributed by atoms with Gasteiger partial charge in [0, 0.05) is 13.1 Å². The van der Waals surface area contributed by atoms with Gasteiger partial charge in [0.25, 0.3) is 0 Å². The molecule has 1 aliphatic rings. The third-order valence-electron chi connectivity index (χ3n) is 3.75. The third kappa shape index (κ3) is 3.71. The van der Waals surface area contributed by atoms with Crippen LogP contribution in [0.25, 0.3) is 0 Å². The first-order valence-corrected chi connectivity index (χ1v) is 6.90. The Bertz CT molecular complexity index is 548. The molecule has 1 heterocycles. The first-order valence-electron chi connectivity index (χ1n) is 6.90. The lowest BCUT2D eigenvalue weighted by atomic mass is 9.97. The number of piperidine rings is 1. The monoisotopic (exact) mass is 294 g/mol. The predicted octanol–water partition coefficient (Wildman–Crippen LogP) is 1.10. The molecule has 1 saturated heterocycles. The smallest absolute Gasteiger partial charge is 0.227 e. The molecule has 0 saturated carbocycles. The molecule has 0 aromatic heterocycles. The minimum Gasteiger partial charge on any atom is -0.494 e. The summed E-state index contributed by atoms with van der Waals surface area (Å²) in [6.45, 7) is 0.966. The molecule has 1 aromatic carbocycles. The van der Waals surface area contributed by atoms with Gasteiger partial charge in [-0.3, -0.25) is 9.59 Å². The molecule has 0 bridgehead atoms. The van der Waals surface area contributed by atoms with Crippen molar-refractivity contribution >= 4 is 11.8 Å². The van der Waals surface area contributed by atoms with Crippen molar-refractivity contribution in [2.24, 2.45) is 11.7 Å². The molecular formula is C15H19FN2O3. The van der Waals surface area contributed by atoms with E-state index in [9.17, 15) is 14.0 Å². The van der Waals surface area contributed by atoms with Crippen molar-refractivity contribution in [3.63, 3.8) is 0 Å². The number of primary amides is 1. The number of rotatable bonds is 4. The van der Waals surface area contributed by atoms with E-state index < -0.39 is 5.82 Å². The number of nitrogens with two attached hydrogens (primary N) is 1. The van der Waals surface area contributed by atoms with Gasteiger partial charge >= 0.3 is 0 Å². The number of benzene rings is 1. The van der Waals surface area contributed by atoms with E-state index in [-0.39, 0.29) is 29.9 Å². The fraction of sp³-hybridized carbons (Fsp3) is 0.467. The van der Waals surface area contributed by atoms with Crippen LogP contribution in [0.2, 0.25) is 0 Å². The van der Waals surface area contributed by atoms with E-state index in [1.54, 1.807) is 11.0 Å². The van der Waals surface area contributed by atoms with E-state index in [1.807, 2.05) is 0 Å². The molecule has 1 aromatic rings. The van der Waals surface area contributed by atoms with Gasteiger partial charge in [0.15, 0.2) is 11.6 Å².